The highest BCUT2D eigenvalue weighted by Crippen LogP contribution is 2.29. The summed E-state index contributed by atoms with van der Waals surface area (Å²) in [4.78, 5) is 27.5. The second kappa shape index (κ2) is 9.99. The Hall–Kier alpha value is -2.82. The third-order valence-corrected chi connectivity index (χ3v) is 6.64. The Labute approximate surface area is 184 Å². The number of nitrogens with one attached hydrogen (secondary N) is 1. The van der Waals surface area contributed by atoms with Crippen molar-refractivity contribution in [2.45, 2.75) is 44.9 Å². The van der Waals surface area contributed by atoms with E-state index in [-0.39, 0.29) is 17.7 Å². The molecule has 1 atom stereocenters. The maximum atomic E-state index is 12.9. The van der Waals surface area contributed by atoms with Crippen LogP contribution in [0, 0.1) is 11.8 Å². The van der Waals surface area contributed by atoms with Crippen molar-refractivity contribution < 1.29 is 14.3 Å². The number of carbonyl (C=O) groups is 2. The molecule has 0 bridgehead atoms. The maximum Gasteiger partial charge on any atom is 0.229 e. The molecule has 1 N–H and O–H groups in total. The minimum Gasteiger partial charge on any atom is -0.497 e. The standard InChI is InChI=1S/C26H32N2O3/c1-31-24-10-4-8-21(17-24)20-11-13-23(14-12-20)27-26(30)22-9-5-15-28(18-22)25(29)16-19-6-2-3-7-19/h4,8,10-14,17,19,22H,2-3,5-7,9,15-16,18H2,1H3,(H,27,30)/t22-/m1/s1. The first kappa shape index (κ1) is 21.4. The van der Waals surface area contributed by atoms with Gasteiger partial charge in [-0.25, -0.2) is 0 Å². The van der Waals surface area contributed by atoms with Gasteiger partial charge in [0.1, 0.15) is 5.75 Å². The lowest BCUT2D eigenvalue weighted by atomic mass is 9.95. The van der Waals surface area contributed by atoms with E-state index in [9.17, 15) is 9.59 Å². The van der Waals surface area contributed by atoms with Crippen LogP contribution in [-0.2, 0) is 9.59 Å². The molecule has 2 fully saturated rings. The van der Waals surface area contributed by atoms with E-state index in [1.54, 1.807) is 7.11 Å². The number of carbonyl (C=O) groups excluding carboxylic acids is 2. The van der Waals surface area contributed by atoms with Crippen molar-refractivity contribution in [2.24, 2.45) is 11.8 Å². The minimum atomic E-state index is -0.140. The molecular formula is C26H32N2O3. The molecule has 31 heavy (non-hydrogen) atoms. The fourth-order valence-corrected chi connectivity index (χ4v) is 4.80. The number of anilines is 1. The maximum absolute atomic E-state index is 12.9. The number of benzene rings is 2. The molecular weight excluding hydrogens is 388 g/mol. The van der Waals surface area contributed by atoms with Gasteiger partial charge in [0.25, 0.3) is 0 Å². The summed E-state index contributed by atoms with van der Waals surface area (Å²) in [6.07, 6.45) is 7.23. The molecule has 0 unspecified atom stereocenters. The molecule has 1 saturated carbocycles. The third-order valence-electron chi connectivity index (χ3n) is 6.64. The van der Waals surface area contributed by atoms with Crippen LogP contribution in [0.25, 0.3) is 11.1 Å². The second-order valence-electron chi connectivity index (χ2n) is 8.83. The molecule has 1 heterocycles. The zero-order chi connectivity index (χ0) is 21.6. The van der Waals surface area contributed by atoms with Crippen molar-refractivity contribution in [2.75, 3.05) is 25.5 Å². The number of nitrogens with zero attached hydrogens (tertiary/aromatic N) is 1. The lowest BCUT2D eigenvalue weighted by Crippen LogP contribution is -2.44. The van der Waals surface area contributed by atoms with E-state index in [4.69, 9.17) is 4.74 Å². The van der Waals surface area contributed by atoms with Gasteiger partial charge in [-0.05, 0) is 67.0 Å². The number of likely N-dealkylation sites (tertiary alicyclic amines) is 1. The number of ether oxygens (including phenoxy) is 1. The largest absolute Gasteiger partial charge is 0.497 e. The summed E-state index contributed by atoms with van der Waals surface area (Å²) in [6, 6.07) is 15.8. The van der Waals surface area contributed by atoms with E-state index in [1.165, 1.54) is 25.7 Å². The van der Waals surface area contributed by atoms with Crippen molar-refractivity contribution in [3.63, 3.8) is 0 Å². The van der Waals surface area contributed by atoms with E-state index >= 15 is 0 Å². The predicted molar refractivity (Wildman–Crippen MR) is 123 cm³/mol. The molecule has 1 saturated heterocycles. The summed E-state index contributed by atoms with van der Waals surface area (Å²) in [7, 11) is 1.66. The Kier molecular flexibility index (Phi) is 6.90. The van der Waals surface area contributed by atoms with E-state index in [0.29, 0.717) is 18.9 Å². The summed E-state index contributed by atoms with van der Waals surface area (Å²) >= 11 is 0. The molecule has 5 heteroatoms. The van der Waals surface area contributed by atoms with Gasteiger partial charge in [0, 0.05) is 25.2 Å². The molecule has 2 aromatic rings. The minimum absolute atomic E-state index is 0.00694. The summed E-state index contributed by atoms with van der Waals surface area (Å²) in [5.41, 5.74) is 2.92. The summed E-state index contributed by atoms with van der Waals surface area (Å²) in [5.74, 6) is 1.46. The van der Waals surface area contributed by atoms with Gasteiger partial charge in [-0.15, -0.1) is 0 Å². The Morgan fingerprint density at radius 3 is 2.52 bits per heavy atom. The molecule has 1 aliphatic carbocycles. The van der Waals surface area contributed by atoms with E-state index in [1.807, 2.05) is 53.4 Å². The van der Waals surface area contributed by atoms with Crippen LogP contribution in [0.3, 0.4) is 0 Å². The highest BCUT2D eigenvalue weighted by molar-refractivity contribution is 5.93. The number of piperidine rings is 1. The SMILES string of the molecule is COc1cccc(-c2ccc(NC(=O)[C@@H]3CCCN(C(=O)CC4CCCC4)C3)cc2)c1. The first-order valence-electron chi connectivity index (χ1n) is 11.5. The lowest BCUT2D eigenvalue weighted by molar-refractivity contribution is -0.135. The topological polar surface area (TPSA) is 58.6 Å². The van der Waals surface area contributed by atoms with E-state index < -0.39 is 0 Å². The van der Waals surface area contributed by atoms with Crippen LogP contribution < -0.4 is 10.1 Å². The van der Waals surface area contributed by atoms with Crippen LogP contribution in [0.4, 0.5) is 5.69 Å². The van der Waals surface area contributed by atoms with Crippen LogP contribution in [0.15, 0.2) is 48.5 Å². The zero-order valence-electron chi connectivity index (χ0n) is 18.3. The molecule has 5 nitrogen and oxygen atoms in total. The van der Waals surface area contributed by atoms with E-state index in [2.05, 4.69) is 5.32 Å². The number of hydrogen-bond donors (Lipinski definition) is 1. The smallest absolute Gasteiger partial charge is 0.229 e. The zero-order valence-corrected chi connectivity index (χ0v) is 18.3. The molecule has 2 amide bonds. The summed E-state index contributed by atoms with van der Waals surface area (Å²) in [5, 5.41) is 3.04. The molecule has 2 aromatic carbocycles. The number of methoxy groups -OCH3 is 1. The average Bonchev–Trinajstić information content (AvgIpc) is 3.32. The summed E-state index contributed by atoms with van der Waals surface area (Å²) in [6.45, 7) is 1.32. The number of hydrogen-bond acceptors (Lipinski definition) is 3. The predicted octanol–water partition coefficient (Wildman–Crippen LogP) is 5.12. The van der Waals surface area contributed by atoms with Gasteiger partial charge in [-0.2, -0.15) is 0 Å². The first-order chi connectivity index (χ1) is 15.1. The van der Waals surface area contributed by atoms with Crippen LogP contribution in [-0.4, -0.2) is 36.9 Å². The second-order valence-corrected chi connectivity index (χ2v) is 8.83. The monoisotopic (exact) mass is 420 g/mol. The number of rotatable bonds is 6. The van der Waals surface area contributed by atoms with Gasteiger partial charge in [0.15, 0.2) is 0 Å². The number of amides is 2. The van der Waals surface area contributed by atoms with Gasteiger partial charge in [0.05, 0.1) is 13.0 Å². The Morgan fingerprint density at radius 1 is 1.00 bits per heavy atom. The summed E-state index contributed by atoms with van der Waals surface area (Å²) < 4.78 is 5.30. The Bertz CT molecular complexity index is 903. The Morgan fingerprint density at radius 2 is 1.77 bits per heavy atom. The molecule has 164 valence electrons. The van der Waals surface area contributed by atoms with Crippen molar-refractivity contribution in [3.05, 3.63) is 48.5 Å². The Balaban J connectivity index is 1.33. The molecule has 2 aliphatic rings. The molecule has 4 rings (SSSR count). The van der Waals surface area contributed by atoms with Crippen molar-refractivity contribution in [3.8, 4) is 16.9 Å². The van der Waals surface area contributed by atoms with Crippen LogP contribution in [0.1, 0.15) is 44.9 Å². The van der Waals surface area contributed by atoms with Gasteiger partial charge < -0.3 is 15.0 Å². The van der Waals surface area contributed by atoms with Crippen molar-refractivity contribution in [1.29, 1.82) is 0 Å². The third kappa shape index (κ3) is 5.46. The van der Waals surface area contributed by atoms with Crippen LogP contribution >= 0.6 is 0 Å². The molecule has 0 spiro atoms. The molecule has 0 aromatic heterocycles. The van der Waals surface area contributed by atoms with Gasteiger partial charge in [-0.3, -0.25) is 9.59 Å². The fraction of sp³-hybridized carbons (Fsp3) is 0.462. The van der Waals surface area contributed by atoms with E-state index in [0.717, 1.165) is 42.0 Å². The average molecular weight is 421 g/mol. The molecule has 0 radical (unpaired) electrons. The van der Waals surface area contributed by atoms with Crippen LogP contribution in [0.5, 0.6) is 5.75 Å². The normalized spacial score (nSPS) is 19.3. The van der Waals surface area contributed by atoms with Gasteiger partial charge in [-0.1, -0.05) is 37.1 Å². The molecule has 1 aliphatic heterocycles. The fourth-order valence-electron chi connectivity index (χ4n) is 4.80. The highest BCUT2D eigenvalue weighted by Gasteiger charge is 2.30. The highest BCUT2D eigenvalue weighted by atomic mass is 16.5. The quantitative estimate of drug-likeness (QED) is 0.706. The van der Waals surface area contributed by atoms with Gasteiger partial charge >= 0.3 is 0 Å². The first-order valence-corrected chi connectivity index (χ1v) is 11.5. The van der Waals surface area contributed by atoms with Crippen LogP contribution in [0.2, 0.25) is 0 Å². The lowest BCUT2D eigenvalue weighted by Gasteiger charge is -2.32. The van der Waals surface area contributed by atoms with Gasteiger partial charge in [0.2, 0.25) is 11.8 Å². The van der Waals surface area contributed by atoms with Crippen molar-refractivity contribution in [1.82, 2.24) is 4.90 Å². The van der Waals surface area contributed by atoms with Crippen molar-refractivity contribution >= 4 is 17.5 Å².